The summed E-state index contributed by atoms with van der Waals surface area (Å²) in [6, 6.07) is 7.70. The molecule has 2 aromatic rings. The third-order valence-corrected chi connectivity index (χ3v) is 3.22. The Hall–Kier alpha value is -1.57. The summed E-state index contributed by atoms with van der Waals surface area (Å²) in [6.07, 6.45) is 4.87. The van der Waals surface area contributed by atoms with E-state index in [-0.39, 0.29) is 11.7 Å². The van der Waals surface area contributed by atoms with E-state index in [2.05, 4.69) is 0 Å². The molecule has 1 aliphatic rings. The van der Waals surface area contributed by atoms with E-state index >= 15 is 0 Å². The second-order valence-corrected chi connectivity index (χ2v) is 4.14. The highest BCUT2D eigenvalue weighted by atomic mass is 16.3. The Morgan fingerprint density at radius 1 is 1.27 bits per heavy atom. The van der Waals surface area contributed by atoms with Crippen molar-refractivity contribution in [2.75, 3.05) is 0 Å². The average Bonchev–Trinajstić information content (AvgIpc) is 2.58. The standard InChI is InChI=1S/C13H12O2/c14-13(9-4-3-5-9)11-8-15-12-7-2-1-6-10(11)12/h1-2,6-9H,3-5H2. The summed E-state index contributed by atoms with van der Waals surface area (Å²) in [6.45, 7) is 0. The molecule has 1 heterocycles. The van der Waals surface area contributed by atoms with E-state index in [1.807, 2.05) is 24.3 Å². The van der Waals surface area contributed by atoms with Gasteiger partial charge >= 0.3 is 0 Å². The lowest BCUT2D eigenvalue weighted by atomic mass is 9.80. The summed E-state index contributed by atoms with van der Waals surface area (Å²) in [5, 5.41) is 0.953. The third-order valence-electron chi connectivity index (χ3n) is 3.22. The van der Waals surface area contributed by atoms with Crippen molar-refractivity contribution in [1.82, 2.24) is 0 Å². The maximum Gasteiger partial charge on any atom is 0.169 e. The second-order valence-electron chi connectivity index (χ2n) is 4.14. The van der Waals surface area contributed by atoms with Crippen molar-refractivity contribution >= 4 is 16.8 Å². The summed E-state index contributed by atoms with van der Waals surface area (Å²) in [4.78, 5) is 12.0. The summed E-state index contributed by atoms with van der Waals surface area (Å²) >= 11 is 0. The van der Waals surface area contributed by atoms with Gasteiger partial charge in [0.2, 0.25) is 0 Å². The predicted molar refractivity (Wildman–Crippen MR) is 57.9 cm³/mol. The summed E-state index contributed by atoms with van der Waals surface area (Å²) < 4.78 is 5.37. The van der Waals surface area contributed by atoms with Crippen molar-refractivity contribution < 1.29 is 9.21 Å². The van der Waals surface area contributed by atoms with Gasteiger partial charge in [-0.15, -0.1) is 0 Å². The number of rotatable bonds is 2. The molecule has 0 unspecified atom stereocenters. The minimum Gasteiger partial charge on any atom is -0.464 e. The fourth-order valence-electron chi connectivity index (χ4n) is 2.06. The Morgan fingerprint density at radius 3 is 2.80 bits per heavy atom. The molecule has 0 bridgehead atoms. The van der Waals surface area contributed by atoms with Gasteiger partial charge in [0.15, 0.2) is 5.78 Å². The molecule has 3 rings (SSSR count). The zero-order valence-electron chi connectivity index (χ0n) is 8.40. The van der Waals surface area contributed by atoms with Gasteiger partial charge in [0.25, 0.3) is 0 Å². The highest BCUT2D eigenvalue weighted by Gasteiger charge is 2.28. The van der Waals surface area contributed by atoms with Crippen molar-refractivity contribution in [2.24, 2.45) is 5.92 Å². The summed E-state index contributed by atoms with van der Waals surface area (Å²) in [7, 11) is 0. The van der Waals surface area contributed by atoms with Crippen LogP contribution in [0.5, 0.6) is 0 Å². The van der Waals surface area contributed by atoms with Crippen LogP contribution < -0.4 is 0 Å². The van der Waals surface area contributed by atoms with Gasteiger partial charge in [0.1, 0.15) is 11.8 Å². The number of Topliss-reactive ketones (excluding diaryl/α,β-unsaturated/α-hetero) is 1. The maximum absolute atomic E-state index is 12.0. The first kappa shape index (κ1) is 8.72. The predicted octanol–water partition coefficient (Wildman–Crippen LogP) is 3.42. The van der Waals surface area contributed by atoms with Crippen LogP contribution in [0.15, 0.2) is 34.9 Å². The van der Waals surface area contributed by atoms with Gasteiger partial charge in [-0.2, -0.15) is 0 Å². The molecule has 1 aromatic carbocycles. The van der Waals surface area contributed by atoms with Gasteiger partial charge in [-0.25, -0.2) is 0 Å². The lowest BCUT2D eigenvalue weighted by molar-refractivity contribution is 0.0856. The lowest BCUT2D eigenvalue weighted by Crippen LogP contribution is -2.21. The van der Waals surface area contributed by atoms with Crippen molar-refractivity contribution in [3.05, 3.63) is 36.1 Å². The van der Waals surface area contributed by atoms with E-state index in [1.165, 1.54) is 6.42 Å². The quantitative estimate of drug-likeness (QED) is 0.695. The molecular formula is C13H12O2. The van der Waals surface area contributed by atoms with Crippen LogP contribution in [0.25, 0.3) is 11.0 Å². The Kier molecular flexibility index (Phi) is 1.88. The molecule has 1 aliphatic carbocycles. The van der Waals surface area contributed by atoms with Crippen molar-refractivity contribution in [3.63, 3.8) is 0 Å². The van der Waals surface area contributed by atoms with Gasteiger partial charge in [0.05, 0.1) is 5.56 Å². The molecule has 0 N–H and O–H groups in total. The molecule has 0 aliphatic heterocycles. The van der Waals surface area contributed by atoms with E-state index in [1.54, 1.807) is 6.26 Å². The Morgan fingerprint density at radius 2 is 2.07 bits per heavy atom. The van der Waals surface area contributed by atoms with Gasteiger partial charge in [-0.05, 0) is 18.9 Å². The van der Waals surface area contributed by atoms with Crippen LogP contribution >= 0.6 is 0 Å². The minimum atomic E-state index is 0.242. The summed E-state index contributed by atoms with van der Waals surface area (Å²) in [5.41, 5.74) is 1.57. The zero-order valence-corrected chi connectivity index (χ0v) is 8.40. The molecule has 0 atom stereocenters. The average molecular weight is 200 g/mol. The second kappa shape index (κ2) is 3.23. The number of para-hydroxylation sites is 1. The highest BCUT2D eigenvalue weighted by molar-refractivity contribution is 6.08. The molecule has 0 amide bonds. The Bertz CT molecular complexity index is 506. The van der Waals surface area contributed by atoms with Crippen LogP contribution in [0, 0.1) is 5.92 Å². The molecule has 2 nitrogen and oxygen atoms in total. The minimum absolute atomic E-state index is 0.242. The number of hydrogen-bond donors (Lipinski definition) is 0. The Labute approximate surface area is 87.9 Å². The third kappa shape index (κ3) is 1.29. The molecule has 1 aromatic heterocycles. The monoisotopic (exact) mass is 200 g/mol. The number of carbonyl (C=O) groups excluding carboxylic acids is 1. The van der Waals surface area contributed by atoms with E-state index in [0.29, 0.717) is 0 Å². The van der Waals surface area contributed by atoms with Gasteiger partial charge < -0.3 is 4.42 Å². The molecule has 2 heteroatoms. The van der Waals surface area contributed by atoms with Gasteiger partial charge in [0, 0.05) is 11.3 Å². The highest BCUT2D eigenvalue weighted by Crippen LogP contribution is 2.32. The molecule has 0 saturated heterocycles. The molecule has 76 valence electrons. The number of carbonyl (C=O) groups is 1. The first-order valence-corrected chi connectivity index (χ1v) is 5.37. The number of fused-ring (bicyclic) bond motifs is 1. The maximum atomic E-state index is 12.0. The first-order chi connectivity index (χ1) is 7.36. The van der Waals surface area contributed by atoms with Crippen LogP contribution in [0.1, 0.15) is 29.6 Å². The van der Waals surface area contributed by atoms with E-state index < -0.39 is 0 Å². The fourth-order valence-corrected chi connectivity index (χ4v) is 2.06. The number of ketones is 1. The van der Waals surface area contributed by atoms with Crippen LogP contribution in [0.2, 0.25) is 0 Å². The van der Waals surface area contributed by atoms with Gasteiger partial charge in [-0.3, -0.25) is 4.79 Å². The molecule has 1 saturated carbocycles. The number of furan rings is 1. The van der Waals surface area contributed by atoms with Crippen molar-refractivity contribution in [2.45, 2.75) is 19.3 Å². The zero-order chi connectivity index (χ0) is 10.3. The lowest BCUT2D eigenvalue weighted by Gasteiger charge is -2.23. The van der Waals surface area contributed by atoms with Crippen LogP contribution in [-0.2, 0) is 0 Å². The normalized spacial score (nSPS) is 16.5. The molecular weight excluding hydrogens is 188 g/mol. The first-order valence-electron chi connectivity index (χ1n) is 5.37. The van der Waals surface area contributed by atoms with Crippen molar-refractivity contribution in [3.8, 4) is 0 Å². The van der Waals surface area contributed by atoms with Crippen LogP contribution in [0.3, 0.4) is 0 Å². The van der Waals surface area contributed by atoms with Crippen molar-refractivity contribution in [1.29, 1.82) is 0 Å². The number of hydrogen-bond acceptors (Lipinski definition) is 2. The molecule has 1 fully saturated rings. The summed E-state index contributed by atoms with van der Waals surface area (Å²) in [5.74, 6) is 0.497. The molecule has 0 radical (unpaired) electrons. The van der Waals surface area contributed by atoms with Gasteiger partial charge in [-0.1, -0.05) is 24.6 Å². The van der Waals surface area contributed by atoms with E-state index in [4.69, 9.17) is 4.42 Å². The largest absolute Gasteiger partial charge is 0.464 e. The number of benzene rings is 1. The topological polar surface area (TPSA) is 30.2 Å². The van der Waals surface area contributed by atoms with Crippen LogP contribution in [-0.4, -0.2) is 5.78 Å². The van der Waals surface area contributed by atoms with Crippen LogP contribution in [0.4, 0.5) is 0 Å². The van der Waals surface area contributed by atoms with E-state index in [9.17, 15) is 4.79 Å². The fraction of sp³-hybridized carbons (Fsp3) is 0.308. The molecule has 0 spiro atoms. The molecule has 15 heavy (non-hydrogen) atoms. The Balaban J connectivity index is 2.06. The SMILES string of the molecule is O=C(c1coc2ccccc12)C1CCC1. The van der Waals surface area contributed by atoms with E-state index in [0.717, 1.165) is 29.4 Å². The smallest absolute Gasteiger partial charge is 0.169 e.